The van der Waals surface area contributed by atoms with Crippen LogP contribution in [0.15, 0.2) is 22.7 Å². The molecule has 0 aliphatic carbocycles. The SMILES string of the molecule is CCOC(=O)Cc1csc(NS(=O)(=O)c2ccnn2C)n1. The molecule has 0 saturated heterocycles. The first kappa shape index (κ1) is 15.4. The van der Waals surface area contributed by atoms with E-state index in [2.05, 4.69) is 14.8 Å². The normalized spacial score (nSPS) is 11.3. The average molecular weight is 330 g/mol. The number of hydrogen-bond donors (Lipinski definition) is 1. The first-order chi connectivity index (χ1) is 9.92. The van der Waals surface area contributed by atoms with Crippen molar-refractivity contribution in [3.05, 3.63) is 23.3 Å². The van der Waals surface area contributed by atoms with Gasteiger partial charge in [0.15, 0.2) is 10.2 Å². The minimum atomic E-state index is -3.74. The summed E-state index contributed by atoms with van der Waals surface area (Å²) in [5.74, 6) is -0.399. The van der Waals surface area contributed by atoms with Crippen LogP contribution in [-0.4, -0.2) is 35.8 Å². The maximum Gasteiger partial charge on any atom is 0.311 e. The number of rotatable bonds is 6. The van der Waals surface area contributed by atoms with Crippen LogP contribution in [0, 0.1) is 0 Å². The molecular weight excluding hydrogens is 316 g/mol. The second-order valence-corrected chi connectivity index (χ2v) is 6.51. The largest absolute Gasteiger partial charge is 0.466 e. The van der Waals surface area contributed by atoms with Gasteiger partial charge in [-0.2, -0.15) is 13.5 Å². The second kappa shape index (κ2) is 6.22. The van der Waals surface area contributed by atoms with Gasteiger partial charge in [-0.25, -0.2) is 4.98 Å². The highest BCUT2D eigenvalue weighted by molar-refractivity contribution is 7.92. The van der Waals surface area contributed by atoms with Crippen LogP contribution < -0.4 is 4.72 Å². The van der Waals surface area contributed by atoms with Crippen LogP contribution in [0.2, 0.25) is 0 Å². The van der Waals surface area contributed by atoms with Gasteiger partial charge in [0.25, 0.3) is 10.0 Å². The van der Waals surface area contributed by atoms with Crippen molar-refractivity contribution in [2.45, 2.75) is 18.4 Å². The predicted molar refractivity (Wildman–Crippen MR) is 76.5 cm³/mol. The molecular formula is C11H14N4O4S2. The third-order valence-corrected chi connectivity index (χ3v) is 4.80. The number of hydrogen-bond acceptors (Lipinski definition) is 7. The monoisotopic (exact) mass is 330 g/mol. The first-order valence-corrected chi connectivity index (χ1v) is 8.39. The Morgan fingerprint density at radius 3 is 2.90 bits per heavy atom. The lowest BCUT2D eigenvalue weighted by Gasteiger charge is -2.04. The number of aromatic nitrogens is 3. The van der Waals surface area contributed by atoms with Gasteiger partial charge in [-0.05, 0) is 13.0 Å². The number of carbonyl (C=O) groups is 1. The van der Waals surface area contributed by atoms with Crippen molar-refractivity contribution >= 4 is 32.5 Å². The van der Waals surface area contributed by atoms with Crippen LogP contribution in [0.1, 0.15) is 12.6 Å². The Kier molecular flexibility index (Phi) is 4.58. The summed E-state index contributed by atoms with van der Waals surface area (Å²) in [4.78, 5) is 15.4. The van der Waals surface area contributed by atoms with Crippen molar-refractivity contribution in [1.29, 1.82) is 0 Å². The van der Waals surface area contributed by atoms with Crippen molar-refractivity contribution in [1.82, 2.24) is 14.8 Å². The Hall–Kier alpha value is -1.94. The molecule has 10 heteroatoms. The van der Waals surface area contributed by atoms with Gasteiger partial charge in [-0.3, -0.25) is 14.2 Å². The van der Waals surface area contributed by atoms with Gasteiger partial charge in [0.2, 0.25) is 0 Å². The quantitative estimate of drug-likeness (QED) is 0.785. The van der Waals surface area contributed by atoms with Gasteiger partial charge >= 0.3 is 5.97 Å². The van der Waals surface area contributed by atoms with E-state index in [9.17, 15) is 13.2 Å². The number of thiazole rings is 1. The van der Waals surface area contributed by atoms with E-state index in [1.165, 1.54) is 24.0 Å². The molecule has 0 aliphatic rings. The summed E-state index contributed by atoms with van der Waals surface area (Å²) in [5, 5.41) is 5.64. The molecule has 0 aliphatic heterocycles. The summed E-state index contributed by atoms with van der Waals surface area (Å²) in [6.45, 7) is 2.01. The molecule has 2 heterocycles. The van der Waals surface area contributed by atoms with E-state index >= 15 is 0 Å². The maximum absolute atomic E-state index is 12.1. The number of nitrogens with one attached hydrogen (secondary N) is 1. The molecule has 0 bridgehead atoms. The van der Waals surface area contributed by atoms with E-state index < -0.39 is 16.0 Å². The van der Waals surface area contributed by atoms with Crippen molar-refractivity contribution < 1.29 is 17.9 Å². The number of carbonyl (C=O) groups excluding carboxylic acids is 1. The second-order valence-electron chi connectivity index (χ2n) is 4.02. The molecule has 0 spiro atoms. The fraction of sp³-hybridized carbons (Fsp3) is 0.364. The predicted octanol–water partition coefficient (Wildman–Crippen LogP) is 0.783. The van der Waals surface area contributed by atoms with E-state index in [-0.39, 0.29) is 16.6 Å². The zero-order valence-corrected chi connectivity index (χ0v) is 13.1. The summed E-state index contributed by atoms with van der Waals surface area (Å²) in [6, 6.07) is 1.38. The molecule has 0 unspecified atom stereocenters. The highest BCUT2D eigenvalue weighted by Gasteiger charge is 2.20. The highest BCUT2D eigenvalue weighted by atomic mass is 32.2. The standard InChI is InChI=1S/C11H14N4O4S2/c1-3-19-10(16)6-8-7-20-11(13-8)14-21(17,18)9-4-5-12-15(9)2/h4-5,7H,3,6H2,1-2H3,(H,13,14). The van der Waals surface area contributed by atoms with Gasteiger partial charge in [-0.1, -0.05) is 0 Å². The van der Waals surface area contributed by atoms with Crippen molar-refractivity contribution in [2.75, 3.05) is 11.3 Å². The number of ether oxygens (including phenoxy) is 1. The molecule has 0 amide bonds. The molecule has 0 aromatic carbocycles. The van der Waals surface area contributed by atoms with E-state index in [0.29, 0.717) is 12.3 Å². The van der Waals surface area contributed by atoms with Crippen molar-refractivity contribution in [3.63, 3.8) is 0 Å². The molecule has 0 atom stereocenters. The Bertz CT molecular complexity index is 735. The zero-order valence-electron chi connectivity index (χ0n) is 11.4. The molecule has 0 radical (unpaired) electrons. The van der Waals surface area contributed by atoms with Gasteiger partial charge < -0.3 is 4.74 Å². The van der Waals surface area contributed by atoms with Crippen LogP contribution in [-0.2, 0) is 33.0 Å². The lowest BCUT2D eigenvalue weighted by atomic mass is 10.3. The molecule has 21 heavy (non-hydrogen) atoms. The Labute approximate surface area is 125 Å². The van der Waals surface area contributed by atoms with E-state index in [0.717, 1.165) is 11.3 Å². The van der Waals surface area contributed by atoms with Gasteiger partial charge in [0, 0.05) is 12.4 Å². The zero-order chi connectivity index (χ0) is 15.5. The summed E-state index contributed by atoms with van der Waals surface area (Å²) in [6.07, 6.45) is 1.40. The Morgan fingerprint density at radius 1 is 1.52 bits per heavy atom. The van der Waals surface area contributed by atoms with E-state index in [1.54, 1.807) is 12.3 Å². The first-order valence-electron chi connectivity index (χ1n) is 6.03. The molecule has 0 fully saturated rings. The summed E-state index contributed by atoms with van der Waals surface area (Å²) >= 11 is 1.10. The summed E-state index contributed by atoms with van der Waals surface area (Å²) < 4.78 is 32.6. The molecule has 2 aromatic heterocycles. The fourth-order valence-corrected chi connectivity index (χ4v) is 3.68. The average Bonchev–Trinajstić information content (AvgIpc) is 2.98. The lowest BCUT2D eigenvalue weighted by molar-refractivity contribution is -0.142. The smallest absolute Gasteiger partial charge is 0.311 e. The minimum absolute atomic E-state index is 0.0117. The van der Waals surface area contributed by atoms with E-state index in [1.807, 2.05) is 0 Å². The van der Waals surface area contributed by atoms with Crippen LogP contribution in [0.4, 0.5) is 5.13 Å². The lowest BCUT2D eigenvalue weighted by Crippen LogP contribution is -2.16. The molecule has 2 aromatic rings. The van der Waals surface area contributed by atoms with Gasteiger partial charge in [0.1, 0.15) is 0 Å². The Morgan fingerprint density at radius 2 is 2.29 bits per heavy atom. The van der Waals surface area contributed by atoms with Crippen LogP contribution in [0.3, 0.4) is 0 Å². The van der Waals surface area contributed by atoms with Crippen molar-refractivity contribution in [3.8, 4) is 0 Å². The number of esters is 1. The van der Waals surface area contributed by atoms with Gasteiger partial charge in [-0.15, -0.1) is 11.3 Å². The summed E-state index contributed by atoms with van der Waals surface area (Å²) in [5.41, 5.74) is 0.459. The number of aryl methyl sites for hydroxylation is 1. The fourth-order valence-electron chi connectivity index (χ4n) is 1.59. The number of anilines is 1. The third-order valence-electron chi connectivity index (χ3n) is 2.46. The Balaban J connectivity index is 2.09. The molecule has 1 N–H and O–H groups in total. The van der Waals surface area contributed by atoms with Crippen molar-refractivity contribution in [2.24, 2.45) is 7.05 Å². The maximum atomic E-state index is 12.1. The summed E-state index contributed by atoms with van der Waals surface area (Å²) in [7, 11) is -2.21. The van der Waals surface area contributed by atoms with E-state index in [4.69, 9.17) is 4.74 Å². The molecule has 114 valence electrons. The van der Waals surface area contributed by atoms with Crippen LogP contribution in [0.5, 0.6) is 0 Å². The minimum Gasteiger partial charge on any atom is -0.466 e. The topological polar surface area (TPSA) is 103 Å². The van der Waals surface area contributed by atoms with Gasteiger partial charge in [0.05, 0.1) is 24.9 Å². The third kappa shape index (κ3) is 3.79. The highest BCUT2D eigenvalue weighted by Crippen LogP contribution is 2.20. The molecule has 0 saturated carbocycles. The van der Waals surface area contributed by atoms with Crippen LogP contribution in [0.25, 0.3) is 0 Å². The molecule has 8 nitrogen and oxygen atoms in total. The number of nitrogens with zero attached hydrogens (tertiary/aromatic N) is 3. The van der Waals surface area contributed by atoms with Crippen LogP contribution >= 0.6 is 11.3 Å². The molecule has 2 rings (SSSR count). The number of sulfonamides is 1.